The first-order valence-electron chi connectivity index (χ1n) is 8.01. The van der Waals surface area contributed by atoms with Crippen molar-refractivity contribution >= 4 is 11.9 Å². The Morgan fingerprint density at radius 2 is 2.14 bits per heavy atom. The number of ether oxygens (including phenoxy) is 1. The van der Waals surface area contributed by atoms with Gasteiger partial charge in [-0.05, 0) is 25.7 Å². The molecule has 0 aromatic heterocycles. The molecule has 2 saturated heterocycles. The number of amides is 1. The van der Waals surface area contributed by atoms with Crippen LogP contribution in [-0.4, -0.2) is 73.6 Å². The average Bonchev–Trinajstić information content (AvgIpc) is 2.48. The van der Waals surface area contributed by atoms with Gasteiger partial charge >= 0.3 is 5.97 Å². The third-order valence-corrected chi connectivity index (χ3v) is 4.26. The molecule has 21 heavy (non-hydrogen) atoms. The fourth-order valence-electron chi connectivity index (χ4n) is 3.10. The van der Waals surface area contributed by atoms with Gasteiger partial charge in [-0.1, -0.05) is 6.92 Å². The maximum absolute atomic E-state index is 12.4. The highest BCUT2D eigenvalue weighted by Gasteiger charge is 2.32. The monoisotopic (exact) mass is 297 g/mol. The van der Waals surface area contributed by atoms with Crippen molar-refractivity contribution in [3.8, 4) is 0 Å². The zero-order valence-electron chi connectivity index (χ0n) is 13.1. The van der Waals surface area contributed by atoms with Crippen LogP contribution >= 0.6 is 0 Å². The Morgan fingerprint density at radius 3 is 2.86 bits per heavy atom. The van der Waals surface area contributed by atoms with Gasteiger partial charge in [-0.15, -0.1) is 0 Å². The molecule has 2 unspecified atom stereocenters. The Labute approximate surface area is 126 Å². The normalized spacial score (nSPS) is 27.4. The van der Waals surface area contributed by atoms with E-state index in [1.54, 1.807) is 6.92 Å². The first-order chi connectivity index (χ1) is 10.1. The summed E-state index contributed by atoms with van der Waals surface area (Å²) < 4.78 is 5.11. The first-order valence-corrected chi connectivity index (χ1v) is 8.01. The van der Waals surface area contributed by atoms with Gasteiger partial charge < -0.3 is 15.0 Å². The molecule has 2 aliphatic rings. The van der Waals surface area contributed by atoms with Crippen LogP contribution in [0.25, 0.3) is 0 Å². The molecule has 1 N–H and O–H groups in total. The van der Waals surface area contributed by atoms with Crippen molar-refractivity contribution in [1.29, 1.82) is 0 Å². The van der Waals surface area contributed by atoms with Gasteiger partial charge in [-0.2, -0.15) is 0 Å². The highest BCUT2D eigenvalue weighted by Crippen LogP contribution is 2.16. The summed E-state index contributed by atoms with van der Waals surface area (Å²) in [6.45, 7) is 8.44. The minimum atomic E-state index is -0.343. The van der Waals surface area contributed by atoms with E-state index in [0.717, 1.165) is 26.1 Å². The minimum Gasteiger partial charge on any atom is -0.465 e. The Morgan fingerprint density at radius 1 is 1.33 bits per heavy atom. The Bertz CT molecular complexity index is 375. The number of esters is 1. The van der Waals surface area contributed by atoms with Crippen LogP contribution in [-0.2, 0) is 14.3 Å². The van der Waals surface area contributed by atoms with Crippen LogP contribution in [0.5, 0.6) is 0 Å². The molecule has 0 radical (unpaired) electrons. The summed E-state index contributed by atoms with van der Waals surface area (Å²) in [7, 11) is 0. The molecule has 0 spiro atoms. The number of hydrogen-bond acceptors (Lipinski definition) is 5. The van der Waals surface area contributed by atoms with E-state index < -0.39 is 0 Å². The Balaban J connectivity index is 1.92. The van der Waals surface area contributed by atoms with Gasteiger partial charge in [-0.3, -0.25) is 14.5 Å². The Kier molecular flexibility index (Phi) is 5.99. The zero-order chi connectivity index (χ0) is 15.2. The van der Waals surface area contributed by atoms with Crippen LogP contribution in [0.15, 0.2) is 0 Å². The summed E-state index contributed by atoms with van der Waals surface area (Å²) >= 11 is 0. The smallest absolute Gasteiger partial charge is 0.324 e. The summed E-state index contributed by atoms with van der Waals surface area (Å²) in [4.78, 5) is 28.3. The number of piperazine rings is 1. The van der Waals surface area contributed by atoms with E-state index in [-0.39, 0.29) is 17.9 Å². The number of piperidine rings is 1. The van der Waals surface area contributed by atoms with E-state index in [1.165, 1.54) is 6.42 Å². The van der Waals surface area contributed by atoms with Crippen molar-refractivity contribution < 1.29 is 14.3 Å². The quantitative estimate of drug-likeness (QED) is 0.745. The van der Waals surface area contributed by atoms with Crippen LogP contribution in [0.1, 0.15) is 26.7 Å². The number of nitrogens with zero attached hydrogens (tertiary/aromatic N) is 2. The number of rotatable bonds is 4. The van der Waals surface area contributed by atoms with Gasteiger partial charge in [0.1, 0.15) is 6.04 Å². The summed E-state index contributed by atoms with van der Waals surface area (Å²) in [5.74, 6) is 0.480. The number of carbonyl (C=O) groups excluding carboxylic acids is 2. The maximum atomic E-state index is 12.4. The summed E-state index contributed by atoms with van der Waals surface area (Å²) in [6.07, 6.45) is 2.28. The number of hydrogen-bond donors (Lipinski definition) is 1. The topological polar surface area (TPSA) is 61.9 Å². The molecular weight excluding hydrogens is 270 g/mol. The van der Waals surface area contributed by atoms with Crippen LogP contribution in [0.2, 0.25) is 0 Å². The molecule has 0 aromatic carbocycles. The van der Waals surface area contributed by atoms with E-state index >= 15 is 0 Å². The van der Waals surface area contributed by atoms with Crippen molar-refractivity contribution in [2.24, 2.45) is 5.92 Å². The minimum absolute atomic E-state index is 0.137. The van der Waals surface area contributed by atoms with Crippen LogP contribution < -0.4 is 5.32 Å². The fourth-order valence-corrected chi connectivity index (χ4v) is 3.10. The lowest BCUT2D eigenvalue weighted by Crippen LogP contribution is -2.58. The van der Waals surface area contributed by atoms with E-state index in [0.29, 0.717) is 32.2 Å². The van der Waals surface area contributed by atoms with Crippen LogP contribution in [0.4, 0.5) is 0 Å². The van der Waals surface area contributed by atoms with Gasteiger partial charge in [0.05, 0.1) is 13.2 Å². The molecule has 2 rings (SSSR count). The molecule has 2 heterocycles. The van der Waals surface area contributed by atoms with Crippen molar-refractivity contribution in [3.63, 3.8) is 0 Å². The standard InChI is InChI=1S/C15H27N3O3/c1-3-21-15(20)13-9-16-6-8-17(13)11-14(19)18-7-4-5-12(2)10-18/h12-13,16H,3-11H2,1-2H3. The van der Waals surface area contributed by atoms with E-state index in [4.69, 9.17) is 4.74 Å². The van der Waals surface area contributed by atoms with E-state index in [1.807, 2.05) is 9.80 Å². The molecule has 120 valence electrons. The van der Waals surface area contributed by atoms with Gasteiger partial charge in [0, 0.05) is 32.7 Å². The Hall–Kier alpha value is -1.14. The van der Waals surface area contributed by atoms with E-state index in [2.05, 4.69) is 12.2 Å². The second-order valence-corrected chi connectivity index (χ2v) is 6.03. The number of nitrogens with one attached hydrogen (secondary N) is 1. The highest BCUT2D eigenvalue weighted by molar-refractivity contribution is 5.81. The van der Waals surface area contributed by atoms with Crippen molar-refractivity contribution in [2.45, 2.75) is 32.7 Å². The summed E-state index contributed by atoms with van der Waals surface area (Å²) in [6, 6.07) is -0.343. The molecule has 2 fully saturated rings. The predicted molar refractivity (Wildman–Crippen MR) is 79.8 cm³/mol. The lowest BCUT2D eigenvalue weighted by molar-refractivity contribution is -0.151. The lowest BCUT2D eigenvalue weighted by atomic mass is 10.0. The van der Waals surface area contributed by atoms with Crippen molar-refractivity contribution in [2.75, 3.05) is 45.9 Å². The molecule has 2 aliphatic heterocycles. The molecular formula is C15H27N3O3. The largest absolute Gasteiger partial charge is 0.465 e. The molecule has 6 nitrogen and oxygen atoms in total. The zero-order valence-corrected chi connectivity index (χ0v) is 13.1. The summed E-state index contributed by atoms with van der Waals surface area (Å²) in [5.41, 5.74) is 0. The first kappa shape index (κ1) is 16.2. The second-order valence-electron chi connectivity index (χ2n) is 6.03. The number of carbonyl (C=O) groups is 2. The predicted octanol–water partition coefficient (Wildman–Crippen LogP) is 0.0818. The van der Waals surface area contributed by atoms with Crippen LogP contribution in [0.3, 0.4) is 0 Å². The van der Waals surface area contributed by atoms with Gasteiger partial charge in [-0.25, -0.2) is 0 Å². The number of likely N-dealkylation sites (tertiary alicyclic amines) is 1. The fraction of sp³-hybridized carbons (Fsp3) is 0.867. The van der Waals surface area contributed by atoms with Crippen molar-refractivity contribution in [1.82, 2.24) is 15.1 Å². The molecule has 0 saturated carbocycles. The van der Waals surface area contributed by atoms with Gasteiger partial charge in [0.15, 0.2) is 0 Å². The third kappa shape index (κ3) is 4.41. The average molecular weight is 297 g/mol. The van der Waals surface area contributed by atoms with Crippen LogP contribution in [0, 0.1) is 5.92 Å². The molecule has 1 amide bonds. The molecule has 6 heteroatoms. The lowest BCUT2D eigenvalue weighted by Gasteiger charge is -2.37. The second kappa shape index (κ2) is 7.75. The third-order valence-electron chi connectivity index (χ3n) is 4.26. The maximum Gasteiger partial charge on any atom is 0.324 e. The highest BCUT2D eigenvalue weighted by atomic mass is 16.5. The SMILES string of the molecule is CCOC(=O)C1CNCCN1CC(=O)N1CCCC(C)C1. The molecule has 0 aliphatic carbocycles. The van der Waals surface area contributed by atoms with Gasteiger partial charge in [0.25, 0.3) is 0 Å². The molecule has 2 atom stereocenters. The van der Waals surface area contributed by atoms with E-state index in [9.17, 15) is 9.59 Å². The molecule has 0 aromatic rings. The van der Waals surface area contributed by atoms with Gasteiger partial charge in [0.2, 0.25) is 5.91 Å². The molecule has 0 bridgehead atoms. The summed E-state index contributed by atoms with van der Waals surface area (Å²) in [5, 5.41) is 3.20. The van der Waals surface area contributed by atoms with Crippen molar-refractivity contribution in [3.05, 3.63) is 0 Å².